The topological polar surface area (TPSA) is 59.4 Å². The first-order chi connectivity index (χ1) is 11.4. The van der Waals surface area contributed by atoms with E-state index in [1.54, 1.807) is 0 Å². The van der Waals surface area contributed by atoms with Crippen LogP contribution in [0.5, 0.6) is 11.5 Å². The summed E-state index contributed by atoms with van der Waals surface area (Å²) in [7, 11) is -3.89. The second-order valence-corrected chi connectivity index (χ2v) is 6.66. The minimum Gasteiger partial charge on any atom is -0.406 e. The van der Waals surface area contributed by atoms with Crippen LogP contribution in [0.25, 0.3) is 0 Å². The van der Waals surface area contributed by atoms with E-state index in [4.69, 9.17) is 4.78 Å². The fraction of sp³-hybridized carbons (Fsp3) is 0.143. The first kappa shape index (κ1) is 18.9. The zero-order valence-corrected chi connectivity index (χ0v) is 12.8. The summed E-state index contributed by atoms with van der Waals surface area (Å²) < 4.78 is 101. The lowest BCUT2D eigenvalue weighted by Gasteiger charge is -2.13. The molecular weight excluding hydrogens is 376 g/mol. The van der Waals surface area contributed by atoms with Gasteiger partial charge in [-0.2, -0.15) is 0 Å². The van der Waals surface area contributed by atoms with Crippen LogP contribution in [0.15, 0.2) is 58.3 Å². The van der Waals surface area contributed by atoms with Gasteiger partial charge in [-0.05, 0) is 36.4 Å². The van der Waals surface area contributed by atoms with Crippen molar-refractivity contribution in [1.82, 2.24) is 0 Å². The van der Waals surface area contributed by atoms with Crippen molar-refractivity contribution in [3.05, 3.63) is 48.5 Å². The third-order valence-corrected chi connectivity index (χ3v) is 4.58. The van der Waals surface area contributed by atoms with E-state index in [9.17, 15) is 30.6 Å². The molecule has 0 spiro atoms. The van der Waals surface area contributed by atoms with Gasteiger partial charge in [0.05, 0.1) is 9.79 Å². The number of alkyl halides is 6. The normalized spacial score (nSPS) is 12.7. The Balaban J connectivity index is 2.39. The van der Waals surface area contributed by atoms with Crippen LogP contribution in [-0.4, -0.2) is 16.9 Å². The molecule has 0 aliphatic carbocycles. The number of ether oxygens (including phenoxy) is 2. The van der Waals surface area contributed by atoms with Crippen LogP contribution >= 0.6 is 0 Å². The van der Waals surface area contributed by atoms with Crippen LogP contribution in [0.3, 0.4) is 0 Å². The van der Waals surface area contributed by atoms with Gasteiger partial charge >= 0.3 is 12.7 Å². The van der Waals surface area contributed by atoms with E-state index >= 15 is 0 Å². The standard InChI is InChI=1S/C14H9F6NO3S/c15-13(16,17)23-9-3-1-5-11(7-9)25(21,22)12-6-2-4-10(8-12)24-14(18,19)20/h1-8,21H. The molecule has 0 aliphatic rings. The maximum Gasteiger partial charge on any atom is 0.573 e. The minimum atomic E-state index is -4.98. The summed E-state index contributed by atoms with van der Waals surface area (Å²) >= 11 is 0. The van der Waals surface area contributed by atoms with Crippen LogP contribution in [0, 0.1) is 4.78 Å². The molecule has 0 bridgehead atoms. The quantitative estimate of drug-likeness (QED) is 0.758. The third kappa shape index (κ3) is 5.28. The van der Waals surface area contributed by atoms with E-state index < -0.39 is 34.0 Å². The Labute approximate surface area is 138 Å². The summed E-state index contributed by atoms with van der Waals surface area (Å²) in [5.41, 5.74) is 0. The van der Waals surface area contributed by atoms with Crippen molar-refractivity contribution >= 4 is 9.73 Å². The fourth-order valence-corrected chi connectivity index (χ4v) is 3.21. The third-order valence-electron chi connectivity index (χ3n) is 2.74. The van der Waals surface area contributed by atoms with Crippen molar-refractivity contribution in [1.29, 1.82) is 4.78 Å². The molecule has 0 saturated carbocycles. The van der Waals surface area contributed by atoms with Crippen molar-refractivity contribution in [3.8, 4) is 11.5 Å². The first-order valence-electron chi connectivity index (χ1n) is 6.37. The van der Waals surface area contributed by atoms with Gasteiger partial charge < -0.3 is 9.47 Å². The first-order valence-corrected chi connectivity index (χ1v) is 7.93. The SMILES string of the molecule is N=S(=O)(c1cccc(OC(F)(F)F)c1)c1cccc(OC(F)(F)F)c1. The zero-order chi connectivity index (χ0) is 18.9. The highest BCUT2D eigenvalue weighted by Crippen LogP contribution is 2.31. The van der Waals surface area contributed by atoms with Crippen LogP contribution in [-0.2, 0) is 9.73 Å². The van der Waals surface area contributed by atoms with Crippen molar-refractivity contribution in [2.45, 2.75) is 22.5 Å². The highest BCUT2D eigenvalue weighted by Gasteiger charge is 2.32. The monoisotopic (exact) mass is 385 g/mol. The largest absolute Gasteiger partial charge is 0.573 e. The minimum absolute atomic E-state index is 0.363. The lowest BCUT2D eigenvalue weighted by atomic mass is 10.3. The fourth-order valence-electron chi connectivity index (χ4n) is 1.84. The summed E-state index contributed by atoms with van der Waals surface area (Å²) in [6.45, 7) is 0. The number of rotatable bonds is 4. The second-order valence-electron chi connectivity index (χ2n) is 4.60. The molecule has 0 radical (unpaired) electrons. The Morgan fingerprint density at radius 2 is 1.12 bits per heavy atom. The zero-order valence-electron chi connectivity index (χ0n) is 12.0. The number of hydrogen-bond donors (Lipinski definition) is 1. The van der Waals surface area contributed by atoms with Gasteiger partial charge in [-0.25, -0.2) is 8.99 Å². The van der Waals surface area contributed by atoms with Crippen molar-refractivity contribution < 1.29 is 40.0 Å². The number of nitrogens with one attached hydrogen (secondary N) is 1. The molecule has 0 fully saturated rings. The van der Waals surface area contributed by atoms with Gasteiger partial charge in [0.1, 0.15) is 21.2 Å². The van der Waals surface area contributed by atoms with E-state index in [-0.39, 0.29) is 9.79 Å². The van der Waals surface area contributed by atoms with Crippen LogP contribution in [0.4, 0.5) is 26.3 Å². The van der Waals surface area contributed by atoms with E-state index in [0.29, 0.717) is 0 Å². The molecule has 1 N–H and O–H groups in total. The summed E-state index contributed by atoms with van der Waals surface area (Å²) in [6.07, 6.45) is -9.97. The van der Waals surface area contributed by atoms with E-state index in [0.717, 1.165) is 48.5 Å². The molecule has 2 rings (SSSR count). The van der Waals surface area contributed by atoms with Gasteiger partial charge in [0.15, 0.2) is 0 Å². The van der Waals surface area contributed by atoms with Gasteiger partial charge in [-0.1, -0.05) is 12.1 Å². The summed E-state index contributed by atoms with van der Waals surface area (Å²) in [6, 6.07) is 7.73. The molecule has 2 aromatic carbocycles. The molecule has 0 unspecified atom stereocenters. The molecule has 0 atom stereocenters. The molecule has 0 amide bonds. The highest BCUT2D eigenvalue weighted by atomic mass is 32.2. The van der Waals surface area contributed by atoms with E-state index in [1.165, 1.54) is 0 Å². The van der Waals surface area contributed by atoms with Crippen molar-refractivity contribution in [3.63, 3.8) is 0 Å². The van der Waals surface area contributed by atoms with Gasteiger partial charge in [0, 0.05) is 0 Å². The van der Waals surface area contributed by atoms with E-state index in [2.05, 4.69) is 9.47 Å². The highest BCUT2D eigenvalue weighted by molar-refractivity contribution is 7.92. The summed E-state index contributed by atoms with van der Waals surface area (Å²) in [5, 5.41) is 0. The lowest BCUT2D eigenvalue weighted by molar-refractivity contribution is -0.275. The average Bonchev–Trinajstić information content (AvgIpc) is 2.44. The molecule has 0 aromatic heterocycles. The molecule has 11 heteroatoms. The summed E-state index contributed by atoms with van der Waals surface area (Å²) in [5.74, 6) is -1.40. The van der Waals surface area contributed by atoms with E-state index in [1.807, 2.05) is 0 Å². The maximum absolute atomic E-state index is 12.6. The molecule has 0 saturated heterocycles. The second kappa shape index (κ2) is 6.47. The molecule has 136 valence electrons. The predicted molar refractivity (Wildman–Crippen MR) is 73.6 cm³/mol. The molecular formula is C14H9F6NO3S. The number of hydrogen-bond acceptors (Lipinski definition) is 4. The smallest absolute Gasteiger partial charge is 0.406 e. The number of benzene rings is 2. The van der Waals surface area contributed by atoms with Gasteiger partial charge in [0.25, 0.3) is 0 Å². The van der Waals surface area contributed by atoms with Crippen molar-refractivity contribution in [2.75, 3.05) is 0 Å². The average molecular weight is 385 g/mol. The Morgan fingerprint density at radius 3 is 1.44 bits per heavy atom. The Hall–Kier alpha value is -2.43. The maximum atomic E-state index is 12.6. The molecule has 0 heterocycles. The Kier molecular flexibility index (Phi) is 4.89. The number of halogens is 6. The molecule has 25 heavy (non-hydrogen) atoms. The van der Waals surface area contributed by atoms with Crippen molar-refractivity contribution in [2.24, 2.45) is 0 Å². The lowest BCUT2D eigenvalue weighted by Crippen LogP contribution is -2.17. The molecule has 4 nitrogen and oxygen atoms in total. The Bertz CT molecular complexity index is 796. The van der Waals surface area contributed by atoms with Gasteiger partial charge in [0.2, 0.25) is 0 Å². The predicted octanol–water partition coefficient (Wildman–Crippen LogP) is 4.95. The van der Waals surface area contributed by atoms with Gasteiger partial charge in [-0.3, -0.25) is 0 Å². The van der Waals surface area contributed by atoms with Crippen LogP contribution in [0.1, 0.15) is 0 Å². The molecule has 0 aliphatic heterocycles. The van der Waals surface area contributed by atoms with Gasteiger partial charge in [-0.15, -0.1) is 26.3 Å². The van der Waals surface area contributed by atoms with Crippen LogP contribution in [0.2, 0.25) is 0 Å². The van der Waals surface area contributed by atoms with Crippen LogP contribution < -0.4 is 9.47 Å². The Morgan fingerprint density at radius 1 is 0.760 bits per heavy atom. The molecule has 2 aromatic rings. The summed E-state index contributed by atoms with van der Waals surface area (Å²) in [4.78, 5) is -0.725.